The first-order valence-electron chi connectivity index (χ1n) is 8.50. The van der Waals surface area contributed by atoms with E-state index in [4.69, 9.17) is 4.74 Å². The summed E-state index contributed by atoms with van der Waals surface area (Å²) in [6.07, 6.45) is 1.41. The molecule has 2 aromatic carbocycles. The monoisotopic (exact) mass is 324 g/mol. The Labute approximate surface area is 143 Å². The first-order chi connectivity index (χ1) is 11.7. The van der Waals surface area contributed by atoms with Crippen LogP contribution in [-0.4, -0.2) is 25.6 Å². The lowest BCUT2D eigenvalue weighted by atomic mass is 9.94. The molecular weight excluding hydrogens is 300 g/mol. The molecule has 1 unspecified atom stereocenters. The Morgan fingerprint density at radius 3 is 3.00 bits per heavy atom. The summed E-state index contributed by atoms with van der Waals surface area (Å²) in [4.78, 5) is 12.0. The molecule has 0 aromatic heterocycles. The summed E-state index contributed by atoms with van der Waals surface area (Å²) in [5, 5.41) is 6.48. The van der Waals surface area contributed by atoms with Crippen LogP contribution in [0.15, 0.2) is 48.5 Å². The van der Waals surface area contributed by atoms with Gasteiger partial charge >= 0.3 is 0 Å². The van der Waals surface area contributed by atoms with Gasteiger partial charge in [0.15, 0.2) is 0 Å². The van der Waals surface area contributed by atoms with Crippen molar-refractivity contribution in [3.8, 4) is 5.75 Å². The molecule has 0 radical (unpaired) electrons. The van der Waals surface area contributed by atoms with Crippen LogP contribution in [0.2, 0.25) is 0 Å². The SMILES string of the molecule is Cc1cccc(OCCC(=O)NCC2NCCc3ccccc32)c1. The van der Waals surface area contributed by atoms with Crippen LogP contribution in [0.25, 0.3) is 0 Å². The van der Waals surface area contributed by atoms with E-state index in [2.05, 4.69) is 34.9 Å². The van der Waals surface area contributed by atoms with Crippen molar-refractivity contribution in [1.29, 1.82) is 0 Å². The van der Waals surface area contributed by atoms with Gasteiger partial charge in [-0.25, -0.2) is 0 Å². The van der Waals surface area contributed by atoms with Gasteiger partial charge in [-0.3, -0.25) is 4.79 Å². The van der Waals surface area contributed by atoms with Crippen LogP contribution >= 0.6 is 0 Å². The third-order valence-corrected chi connectivity index (χ3v) is 4.31. The van der Waals surface area contributed by atoms with E-state index in [1.807, 2.05) is 31.2 Å². The molecule has 0 saturated carbocycles. The summed E-state index contributed by atoms with van der Waals surface area (Å²) in [6.45, 7) is 3.98. The van der Waals surface area contributed by atoms with Crippen LogP contribution in [0.4, 0.5) is 0 Å². The second-order valence-corrected chi connectivity index (χ2v) is 6.17. The zero-order chi connectivity index (χ0) is 16.8. The van der Waals surface area contributed by atoms with E-state index in [1.54, 1.807) is 0 Å². The molecule has 0 fully saturated rings. The molecule has 1 aliphatic rings. The molecule has 2 N–H and O–H groups in total. The Bertz CT molecular complexity index is 700. The number of fused-ring (bicyclic) bond motifs is 1. The third kappa shape index (κ3) is 4.36. The van der Waals surface area contributed by atoms with Crippen LogP contribution in [0, 0.1) is 6.92 Å². The van der Waals surface area contributed by atoms with Crippen molar-refractivity contribution < 1.29 is 9.53 Å². The number of carbonyl (C=O) groups is 1. The standard InChI is InChI=1S/C20H24N2O2/c1-15-5-4-7-17(13-15)24-12-10-20(23)22-14-19-18-8-3-2-6-16(18)9-11-21-19/h2-8,13,19,21H,9-12,14H2,1H3,(H,22,23). The number of aryl methyl sites for hydroxylation is 1. The average Bonchev–Trinajstić information content (AvgIpc) is 2.60. The van der Waals surface area contributed by atoms with Crippen LogP contribution in [0.1, 0.15) is 29.2 Å². The summed E-state index contributed by atoms with van der Waals surface area (Å²) < 4.78 is 5.63. The van der Waals surface area contributed by atoms with Gasteiger partial charge < -0.3 is 15.4 Å². The van der Waals surface area contributed by atoms with E-state index in [9.17, 15) is 4.79 Å². The topological polar surface area (TPSA) is 50.4 Å². The fourth-order valence-corrected chi connectivity index (χ4v) is 3.05. The van der Waals surface area contributed by atoms with Crippen molar-refractivity contribution in [2.24, 2.45) is 0 Å². The Morgan fingerprint density at radius 2 is 2.12 bits per heavy atom. The molecule has 1 heterocycles. The lowest BCUT2D eigenvalue weighted by Crippen LogP contribution is -2.39. The van der Waals surface area contributed by atoms with Gasteiger partial charge in [0.1, 0.15) is 5.75 Å². The Balaban J connectivity index is 1.43. The Kier molecular flexibility index (Phi) is 5.49. The maximum absolute atomic E-state index is 12.0. The molecule has 2 aromatic rings. The van der Waals surface area contributed by atoms with Gasteiger partial charge in [-0.2, -0.15) is 0 Å². The summed E-state index contributed by atoms with van der Waals surface area (Å²) in [5.74, 6) is 0.832. The number of hydrogen-bond donors (Lipinski definition) is 2. The molecule has 4 heteroatoms. The van der Waals surface area contributed by atoms with Crippen molar-refractivity contribution in [3.05, 3.63) is 65.2 Å². The average molecular weight is 324 g/mol. The largest absolute Gasteiger partial charge is 0.493 e. The minimum Gasteiger partial charge on any atom is -0.493 e. The number of hydrogen-bond acceptors (Lipinski definition) is 3. The number of rotatable bonds is 6. The van der Waals surface area contributed by atoms with Gasteiger partial charge in [0.2, 0.25) is 5.91 Å². The van der Waals surface area contributed by atoms with Crippen molar-refractivity contribution in [3.63, 3.8) is 0 Å². The quantitative estimate of drug-likeness (QED) is 0.859. The van der Waals surface area contributed by atoms with E-state index in [1.165, 1.54) is 11.1 Å². The van der Waals surface area contributed by atoms with Gasteiger partial charge in [-0.15, -0.1) is 0 Å². The zero-order valence-electron chi connectivity index (χ0n) is 14.0. The Morgan fingerprint density at radius 1 is 1.25 bits per heavy atom. The fraction of sp³-hybridized carbons (Fsp3) is 0.350. The fourth-order valence-electron chi connectivity index (χ4n) is 3.05. The maximum Gasteiger partial charge on any atom is 0.223 e. The molecule has 1 atom stereocenters. The van der Waals surface area contributed by atoms with Crippen LogP contribution < -0.4 is 15.4 Å². The Hall–Kier alpha value is -2.33. The normalized spacial score (nSPS) is 16.3. The maximum atomic E-state index is 12.0. The first kappa shape index (κ1) is 16.5. The molecule has 0 saturated heterocycles. The number of ether oxygens (including phenoxy) is 1. The first-order valence-corrected chi connectivity index (χ1v) is 8.50. The number of nitrogens with one attached hydrogen (secondary N) is 2. The van der Waals surface area contributed by atoms with Crippen molar-refractivity contribution in [1.82, 2.24) is 10.6 Å². The van der Waals surface area contributed by atoms with Gasteiger partial charge in [0.25, 0.3) is 0 Å². The van der Waals surface area contributed by atoms with Crippen LogP contribution in [-0.2, 0) is 11.2 Å². The number of amides is 1. The zero-order valence-corrected chi connectivity index (χ0v) is 14.0. The van der Waals surface area contributed by atoms with E-state index in [-0.39, 0.29) is 11.9 Å². The molecule has 0 spiro atoms. The van der Waals surface area contributed by atoms with E-state index >= 15 is 0 Å². The van der Waals surface area contributed by atoms with E-state index in [0.717, 1.165) is 24.3 Å². The third-order valence-electron chi connectivity index (χ3n) is 4.31. The van der Waals surface area contributed by atoms with Crippen molar-refractivity contribution in [2.75, 3.05) is 19.7 Å². The summed E-state index contributed by atoms with van der Waals surface area (Å²) in [7, 11) is 0. The van der Waals surface area contributed by atoms with Crippen molar-refractivity contribution in [2.45, 2.75) is 25.8 Å². The van der Waals surface area contributed by atoms with Gasteiger partial charge in [0.05, 0.1) is 13.0 Å². The summed E-state index contributed by atoms with van der Waals surface area (Å²) in [6, 6.07) is 16.5. The van der Waals surface area contributed by atoms with Crippen molar-refractivity contribution >= 4 is 5.91 Å². The minimum absolute atomic E-state index is 0.0208. The second kappa shape index (κ2) is 7.97. The highest BCUT2D eigenvalue weighted by molar-refractivity contribution is 5.76. The highest BCUT2D eigenvalue weighted by atomic mass is 16.5. The predicted molar refractivity (Wildman–Crippen MR) is 95.2 cm³/mol. The van der Waals surface area contributed by atoms with Gasteiger partial charge in [0, 0.05) is 12.6 Å². The highest BCUT2D eigenvalue weighted by Gasteiger charge is 2.19. The minimum atomic E-state index is 0.0208. The molecule has 3 rings (SSSR count). The van der Waals surface area contributed by atoms with Crippen LogP contribution in [0.3, 0.4) is 0 Å². The number of carbonyl (C=O) groups excluding carboxylic acids is 1. The molecule has 126 valence electrons. The van der Waals surface area contributed by atoms with E-state index < -0.39 is 0 Å². The molecule has 0 aliphatic carbocycles. The highest BCUT2D eigenvalue weighted by Crippen LogP contribution is 2.21. The number of benzene rings is 2. The molecule has 4 nitrogen and oxygen atoms in total. The second-order valence-electron chi connectivity index (χ2n) is 6.17. The summed E-state index contributed by atoms with van der Waals surface area (Å²) >= 11 is 0. The van der Waals surface area contributed by atoms with E-state index in [0.29, 0.717) is 19.6 Å². The smallest absolute Gasteiger partial charge is 0.223 e. The van der Waals surface area contributed by atoms with Gasteiger partial charge in [-0.05, 0) is 48.7 Å². The lowest BCUT2D eigenvalue weighted by molar-refractivity contribution is -0.121. The molecular formula is C20H24N2O2. The lowest BCUT2D eigenvalue weighted by Gasteiger charge is -2.27. The van der Waals surface area contributed by atoms with Gasteiger partial charge in [-0.1, -0.05) is 36.4 Å². The van der Waals surface area contributed by atoms with Crippen LogP contribution in [0.5, 0.6) is 5.75 Å². The molecule has 24 heavy (non-hydrogen) atoms. The molecule has 0 bridgehead atoms. The molecule has 1 aliphatic heterocycles. The predicted octanol–water partition coefficient (Wildman–Crippen LogP) is 2.77. The summed E-state index contributed by atoms with van der Waals surface area (Å²) in [5.41, 5.74) is 3.82. The molecule has 1 amide bonds.